The molecule has 2 rings (SSSR count). The molecule has 0 saturated heterocycles. The Bertz CT molecular complexity index is 522. The van der Waals surface area contributed by atoms with Crippen molar-refractivity contribution < 1.29 is 9.84 Å². The van der Waals surface area contributed by atoms with E-state index in [9.17, 15) is 5.11 Å². The first kappa shape index (κ1) is 13.6. The molecule has 0 bridgehead atoms. The number of ether oxygens (including phenoxy) is 1. The van der Waals surface area contributed by atoms with Crippen LogP contribution >= 0.6 is 0 Å². The summed E-state index contributed by atoms with van der Waals surface area (Å²) in [5.74, 6) is 1.67. The second kappa shape index (κ2) is 6.38. The van der Waals surface area contributed by atoms with Crippen LogP contribution < -0.4 is 4.74 Å². The lowest BCUT2D eigenvalue weighted by molar-refractivity contribution is 0.174. The third-order valence-electron chi connectivity index (χ3n) is 3.12. The summed E-state index contributed by atoms with van der Waals surface area (Å²) < 4.78 is 7.26. The van der Waals surface area contributed by atoms with Crippen LogP contribution in [0.25, 0.3) is 0 Å². The van der Waals surface area contributed by atoms with Crippen molar-refractivity contribution in [2.75, 3.05) is 7.11 Å². The quantitative estimate of drug-likeness (QED) is 0.868. The Balaban J connectivity index is 2.11. The molecule has 1 atom stereocenters. The fourth-order valence-corrected chi connectivity index (χ4v) is 2.11. The molecular weight excluding hydrogens is 240 g/mol. The van der Waals surface area contributed by atoms with E-state index in [1.54, 1.807) is 13.3 Å². The summed E-state index contributed by atoms with van der Waals surface area (Å²) in [5.41, 5.74) is 0.852. The van der Waals surface area contributed by atoms with Crippen molar-refractivity contribution in [3.05, 3.63) is 48.0 Å². The highest BCUT2D eigenvalue weighted by Gasteiger charge is 2.12. The molecule has 1 heterocycles. The molecule has 0 saturated carbocycles. The average molecular weight is 260 g/mol. The number of aryl methyl sites for hydroxylation is 1. The number of rotatable bonds is 6. The van der Waals surface area contributed by atoms with Crippen molar-refractivity contribution in [1.29, 1.82) is 0 Å². The summed E-state index contributed by atoms with van der Waals surface area (Å²) in [6.45, 7) is 3.06. The highest BCUT2D eigenvalue weighted by molar-refractivity contribution is 5.30. The Labute approximate surface area is 113 Å². The SMILES string of the molecule is CCCn1ccnc1CC(O)c1cccc(OC)c1. The van der Waals surface area contributed by atoms with Crippen molar-refractivity contribution in [3.8, 4) is 5.75 Å². The number of methoxy groups -OCH3 is 1. The van der Waals surface area contributed by atoms with E-state index in [4.69, 9.17) is 4.74 Å². The van der Waals surface area contributed by atoms with Gasteiger partial charge in [-0.3, -0.25) is 0 Å². The zero-order valence-electron chi connectivity index (χ0n) is 11.4. The third-order valence-corrected chi connectivity index (χ3v) is 3.12. The highest BCUT2D eigenvalue weighted by Crippen LogP contribution is 2.21. The number of hydrogen-bond acceptors (Lipinski definition) is 3. The summed E-state index contributed by atoms with van der Waals surface area (Å²) >= 11 is 0. The molecule has 0 aliphatic heterocycles. The van der Waals surface area contributed by atoms with Gasteiger partial charge in [0.25, 0.3) is 0 Å². The van der Waals surface area contributed by atoms with Crippen LogP contribution in [0.4, 0.5) is 0 Å². The van der Waals surface area contributed by atoms with Gasteiger partial charge >= 0.3 is 0 Å². The maximum absolute atomic E-state index is 10.3. The first-order chi connectivity index (χ1) is 9.24. The largest absolute Gasteiger partial charge is 0.497 e. The number of hydrogen-bond donors (Lipinski definition) is 1. The number of imidazole rings is 1. The zero-order valence-corrected chi connectivity index (χ0v) is 11.4. The minimum absolute atomic E-state index is 0.514. The van der Waals surface area contributed by atoms with Crippen molar-refractivity contribution in [1.82, 2.24) is 9.55 Å². The first-order valence-corrected chi connectivity index (χ1v) is 6.56. The van der Waals surface area contributed by atoms with Crippen LogP contribution in [0, 0.1) is 0 Å². The van der Waals surface area contributed by atoms with E-state index < -0.39 is 6.10 Å². The van der Waals surface area contributed by atoms with Crippen LogP contribution in [0.3, 0.4) is 0 Å². The van der Waals surface area contributed by atoms with Crippen molar-refractivity contribution in [3.63, 3.8) is 0 Å². The van der Waals surface area contributed by atoms with Crippen LogP contribution in [0.5, 0.6) is 5.75 Å². The van der Waals surface area contributed by atoms with Gasteiger partial charge in [-0.1, -0.05) is 19.1 Å². The summed E-state index contributed by atoms with van der Waals surface area (Å²) in [4.78, 5) is 4.31. The Hall–Kier alpha value is -1.81. The lowest BCUT2D eigenvalue weighted by Crippen LogP contribution is -2.09. The molecule has 2 aromatic rings. The van der Waals surface area contributed by atoms with Gasteiger partial charge in [-0.2, -0.15) is 0 Å². The number of aromatic nitrogens is 2. The fraction of sp³-hybridized carbons (Fsp3) is 0.400. The fourth-order valence-electron chi connectivity index (χ4n) is 2.11. The minimum atomic E-state index is -0.562. The Morgan fingerprint density at radius 2 is 2.26 bits per heavy atom. The smallest absolute Gasteiger partial charge is 0.119 e. The van der Waals surface area contributed by atoms with E-state index in [1.165, 1.54) is 0 Å². The predicted octanol–water partition coefficient (Wildman–Crippen LogP) is 2.58. The Morgan fingerprint density at radius 3 is 3.00 bits per heavy atom. The van der Waals surface area contributed by atoms with Crippen molar-refractivity contribution in [2.45, 2.75) is 32.4 Å². The maximum atomic E-state index is 10.3. The third kappa shape index (κ3) is 3.35. The van der Waals surface area contributed by atoms with Gasteiger partial charge < -0.3 is 14.4 Å². The average Bonchev–Trinajstić information content (AvgIpc) is 2.86. The molecule has 19 heavy (non-hydrogen) atoms. The molecule has 1 unspecified atom stereocenters. The first-order valence-electron chi connectivity index (χ1n) is 6.56. The molecular formula is C15H20N2O2. The number of nitrogens with zero attached hydrogens (tertiary/aromatic N) is 2. The van der Waals surface area contributed by atoms with E-state index in [2.05, 4.69) is 16.5 Å². The maximum Gasteiger partial charge on any atom is 0.119 e. The molecule has 4 nitrogen and oxygen atoms in total. The summed E-state index contributed by atoms with van der Waals surface area (Å²) in [6, 6.07) is 7.52. The highest BCUT2D eigenvalue weighted by atomic mass is 16.5. The number of benzene rings is 1. The van der Waals surface area contributed by atoms with Crippen LogP contribution in [-0.4, -0.2) is 21.8 Å². The van der Waals surface area contributed by atoms with Gasteiger partial charge in [0.2, 0.25) is 0 Å². The number of aliphatic hydroxyl groups excluding tert-OH is 1. The molecule has 0 aliphatic rings. The zero-order chi connectivity index (χ0) is 13.7. The molecule has 4 heteroatoms. The molecule has 0 fully saturated rings. The standard InChI is InChI=1S/C15H20N2O2/c1-3-8-17-9-7-16-15(17)11-14(18)12-5-4-6-13(10-12)19-2/h4-7,9-10,14,18H,3,8,11H2,1-2H3. The predicted molar refractivity (Wildman–Crippen MR) is 74.2 cm³/mol. The Morgan fingerprint density at radius 1 is 1.42 bits per heavy atom. The van der Waals surface area contributed by atoms with Gasteiger partial charge in [0.15, 0.2) is 0 Å². The minimum Gasteiger partial charge on any atom is -0.497 e. The second-order valence-corrected chi connectivity index (χ2v) is 4.53. The monoisotopic (exact) mass is 260 g/mol. The van der Waals surface area contributed by atoms with Crippen LogP contribution in [0.1, 0.15) is 30.8 Å². The van der Waals surface area contributed by atoms with E-state index >= 15 is 0 Å². The van der Waals surface area contributed by atoms with E-state index in [-0.39, 0.29) is 0 Å². The lowest BCUT2D eigenvalue weighted by Gasteiger charge is -2.13. The van der Waals surface area contributed by atoms with Gasteiger partial charge in [-0.15, -0.1) is 0 Å². The topological polar surface area (TPSA) is 47.3 Å². The second-order valence-electron chi connectivity index (χ2n) is 4.53. The van der Waals surface area contributed by atoms with E-state index in [0.717, 1.165) is 30.1 Å². The molecule has 1 N–H and O–H groups in total. The lowest BCUT2D eigenvalue weighted by atomic mass is 10.1. The molecule has 0 aliphatic carbocycles. The van der Waals surface area contributed by atoms with E-state index in [1.807, 2.05) is 30.5 Å². The summed E-state index contributed by atoms with van der Waals surface area (Å²) in [6.07, 6.45) is 4.74. The Kier molecular flexibility index (Phi) is 4.58. The molecule has 0 spiro atoms. The van der Waals surface area contributed by atoms with Crippen LogP contribution in [-0.2, 0) is 13.0 Å². The molecule has 0 radical (unpaired) electrons. The molecule has 1 aromatic carbocycles. The van der Waals surface area contributed by atoms with E-state index in [0.29, 0.717) is 6.42 Å². The number of aliphatic hydroxyl groups is 1. The van der Waals surface area contributed by atoms with Gasteiger partial charge in [0.1, 0.15) is 11.6 Å². The van der Waals surface area contributed by atoms with Gasteiger partial charge in [-0.05, 0) is 24.1 Å². The normalized spacial score (nSPS) is 12.4. The van der Waals surface area contributed by atoms with Crippen LogP contribution in [0.2, 0.25) is 0 Å². The molecule has 102 valence electrons. The van der Waals surface area contributed by atoms with Gasteiger partial charge in [-0.25, -0.2) is 4.98 Å². The summed E-state index contributed by atoms with van der Waals surface area (Å²) in [5, 5.41) is 10.3. The van der Waals surface area contributed by atoms with Gasteiger partial charge in [0, 0.05) is 25.4 Å². The van der Waals surface area contributed by atoms with Crippen LogP contribution in [0.15, 0.2) is 36.7 Å². The van der Waals surface area contributed by atoms with Gasteiger partial charge in [0.05, 0.1) is 13.2 Å². The molecule has 0 amide bonds. The summed E-state index contributed by atoms with van der Waals surface area (Å²) in [7, 11) is 1.62. The molecule has 1 aromatic heterocycles. The van der Waals surface area contributed by atoms with Crippen molar-refractivity contribution >= 4 is 0 Å². The van der Waals surface area contributed by atoms with Crippen molar-refractivity contribution in [2.24, 2.45) is 0 Å².